The summed E-state index contributed by atoms with van der Waals surface area (Å²) in [7, 11) is 1.56. The van der Waals surface area contributed by atoms with Crippen LogP contribution in [0.5, 0.6) is 5.88 Å². The molecule has 3 aromatic rings. The van der Waals surface area contributed by atoms with Gasteiger partial charge in [0, 0.05) is 38.4 Å². The number of urea groups is 1. The van der Waals surface area contributed by atoms with Gasteiger partial charge in [-0.1, -0.05) is 18.2 Å². The lowest BCUT2D eigenvalue weighted by Gasteiger charge is -2.43. The fourth-order valence-electron chi connectivity index (χ4n) is 5.65. The molecule has 220 valence electrons. The number of rotatable bonds is 7. The molecule has 2 amide bonds. The van der Waals surface area contributed by atoms with Crippen molar-refractivity contribution >= 4 is 17.4 Å². The number of alkyl halides is 5. The minimum atomic E-state index is -4.62. The van der Waals surface area contributed by atoms with Crippen molar-refractivity contribution in [3.8, 4) is 5.88 Å². The maximum Gasteiger partial charge on any atom is 0.416 e. The topological polar surface area (TPSA) is 66.7 Å². The number of halogens is 5. The van der Waals surface area contributed by atoms with Crippen LogP contribution in [0.25, 0.3) is 0 Å². The fourth-order valence-corrected chi connectivity index (χ4v) is 5.65. The average Bonchev–Trinajstić information content (AvgIpc) is 3.30. The summed E-state index contributed by atoms with van der Waals surface area (Å²) >= 11 is 0. The Kier molecular flexibility index (Phi) is 7.56. The number of carbonyl (C=O) groups excluding carboxylic acids is 1. The molecule has 4 heterocycles. The van der Waals surface area contributed by atoms with E-state index in [0.717, 1.165) is 28.9 Å². The minimum absolute atomic E-state index is 0.0772. The molecule has 0 saturated carbocycles. The Balaban J connectivity index is 1.43. The van der Waals surface area contributed by atoms with Crippen molar-refractivity contribution < 1.29 is 31.5 Å². The smallest absolute Gasteiger partial charge is 0.416 e. The Hall–Kier alpha value is -3.90. The lowest BCUT2D eigenvalue weighted by molar-refractivity contribution is -0.138. The number of ether oxygens (including phenoxy) is 1. The molecule has 5 rings (SSSR count). The van der Waals surface area contributed by atoms with E-state index < -0.39 is 30.2 Å². The number of amides is 2. The Morgan fingerprint density at radius 2 is 1.78 bits per heavy atom. The van der Waals surface area contributed by atoms with Crippen molar-refractivity contribution in [3.05, 3.63) is 65.1 Å². The first-order valence-corrected chi connectivity index (χ1v) is 13.3. The van der Waals surface area contributed by atoms with E-state index in [0.29, 0.717) is 37.5 Å². The highest BCUT2D eigenvalue weighted by molar-refractivity contribution is 5.94. The van der Waals surface area contributed by atoms with Crippen LogP contribution in [0.1, 0.15) is 42.1 Å². The zero-order chi connectivity index (χ0) is 29.5. The molecule has 2 aromatic heterocycles. The number of anilines is 2. The van der Waals surface area contributed by atoms with Crippen LogP contribution in [0.3, 0.4) is 0 Å². The molecule has 0 aliphatic carbocycles. The van der Waals surface area contributed by atoms with Crippen molar-refractivity contribution in [1.82, 2.24) is 19.7 Å². The van der Waals surface area contributed by atoms with E-state index in [-0.39, 0.29) is 30.4 Å². The van der Waals surface area contributed by atoms with E-state index in [2.05, 4.69) is 15.0 Å². The van der Waals surface area contributed by atoms with Crippen LogP contribution in [0.2, 0.25) is 0 Å². The molecule has 0 atom stereocenters. The third kappa shape index (κ3) is 5.94. The Morgan fingerprint density at radius 3 is 2.44 bits per heavy atom. The summed E-state index contributed by atoms with van der Waals surface area (Å²) in [5.74, 6) is -2.56. The quantitative estimate of drug-likeness (QED) is 0.328. The summed E-state index contributed by atoms with van der Waals surface area (Å²) < 4.78 is 75.5. The number of aromatic nitrogens is 3. The largest absolute Gasteiger partial charge is 0.480 e. The van der Waals surface area contributed by atoms with E-state index in [1.807, 2.05) is 13.0 Å². The van der Waals surface area contributed by atoms with Crippen molar-refractivity contribution in [1.29, 1.82) is 0 Å². The lowest BCUT2D eigenvalue weighted by atomic mass is 10.0. The van der Waals surface area contributed by atoms with Crippen molar-refractivity contribution in [2.75, 3.05) is 30.0 Å². The van der Waals surface area contributed by atoms with Gasteiger partial charge in [-0.3, -0.25) is 9.58 Å². The Labute approximate surface area is 234 Å². The summed E-state index contributed by atoms with van der Waals surface area (Å²) in [5, 5.41) is 4.32. The predicted octanol–water partition coefficient (Wildman–Crippen LogP) is 5.88. The zero-order valence-corrected chi connectivity index (χ0v) is 23.0. The van der Waals surface area contributed by atoms with Crippen molar-refractivity contribution in [2.24, 2.45) is 0 Å². The summed E-state index contributed by atoms with van der Waals surface area (Å²) in [5.41, 5.74) is 1.54. The van der Waals surface area contributed by atoms with Crippen LogP contribution in [0.4, 0.5) is 38.1 Å². The standard InChI is InChI=1S/C28H31F5N6O2/c1-18-8-11-34-25(41-3)24(18)36-12-9-20(10-13-36)38-15-22-23(16-37(35-22)17-27(2,29)30)39(26(38)40)14-19-6-4-5-7-21(19)28(31,32)33/h4-8,11,16,20H,9-10,12-15,17H2,1-3H3. The normalized spacial score (nSPS) is 16.8. The highest BCUT2D eigenvalue weighted by atomic mass is 19.4. The van der Waals surface area contributed by atoms with Gasteiger partial charge in [0.25, 0.3) is 5.92 Å². The number of hydrogen-bond acceptors (Lipinski definition) is 5. The number of fused-ring (bicyclic) bond motifs is 1. The molecule has 8 nitrogen and oxygen atoms in total. The molecule has 1 aromatic carbocycles. The maximum absolute atomic E-state index is 13.9. The van der Waals surface area contributed by atoms with Crippen LogP contribution in [-0.4, -0.2) is 57.9 Å². The first-order chi connectivity index (χ1) is 19.4. The zero-order valence-electron chi connectivity index (χ0n) is 23.0. The highest BCUT2D eigenvalue weighted by Gasteiger charge is 2.40. The first-order valence-electron chi connectivity index (χ1n) is 13.3. The number of piperidine rings is 1. The molecule has 0 spiro atoms. The molecule has 2 aliphatic rings. The van der Waals surface area contributed by atoms with Crippen LogP contribution in [0, 0.1) is 6.92 Å². The monoisotopic (exact) mass is 578 g/mol. The second-order valence-electron chi connectivity index (χ2n) is 10.6. The Bertz CT molecular complexity index is 1410. The van der Waals surface area contributed by atoms with Gasteiger partial charge in [0.1, 0.15) is 17.9 Å². The third-order valence-electron chi connectivity index (χ3n) is 7.50. The van der Waals surface area contributed by atoms with E-state index in [4.69, 9.17) is 4.74 Å². The van der Waals surface area contributed by atoms with Gasteiger partial charge in [-0.25, -0.2) is 18.6 Å². The fraction of sp³-hybridized carbons (Fsp3) is 0.464. The number of nitrogens with zero attached hydrogens (tertiary/aromatic N) is 6. The van der Waals surface area contributed by atoms with Crippen molar-refractivity contribution in [2.45, 2.75) is 64.5 Å². The molecule has 0 radical (unpaired) electrons. The number of methoxy groups -OCH3 is 1. The molecule has 0 unspecified atom stereocenters. The molecular formula is C28H31F5N6O2. The van der Waals surface area contributed by atoms with E-state index >= 15 is 0 Å². The van der Waals surface area contributed by atoms with Gasteiger partial charge in [0.2, 0.25) is 5.88 Å². The molecule has 13 heteroatoms. The molecule has 1 fully saturated rings. The summed E-state index contributed by atoms with van der Waals surface area (Å²) in [6.07, 6.45) is -0.463. The first kappa shape index (κ1) is 28.6. The third-order valence-corrected chi connectivity index (χ3v) is 7.50. The SMILES string of the molecule is COc1nccc(C)c1N1CCC(N2Cc3nn(CC(C)(F)F)cc3N(Cc3ccccc3C(F)(F)F)C2=O)CC1. The van der Waals surface area contributed by atoms with Crippen LogP contribution >= 0.6 is 0 Å². The number of carbonyl (C=O) groups is 1. The van der Waals surface area contributed by atoms with Crippen LogP contribution in [0.15, 0.2) is 42.7 Å². The van der Waals surface area contributed by atoms with E-state index in [1.165, 1.54) is 29.3 Å². The van der Waals surface area contributed by atoms with Gasteiger partial charge in [-0.15, -0.1) is 0 Å². The number of benzene rings is 1. The molecular weight excluding hydrogens is 547 g/mol. The van der Waals surface area contributed by atoms with Crippen LogP contribution < -0.4 is 14.5 Å². The van der Waals surface area contributed by atoms with Gasteiger partial charge in [-0.2, -0.15) is 18.3 Å². The van der Waals surface area contributed by atoms with Crippen LogP contribution in [-0.2, 0) is 25.8 Å². The second kappa shape index (κ2) is 10.8. The van der Waals surface area contributed by atoms with Gasteiger partial charge < -0.3 is 14.5 Å². The average molecular weight is 579 g/mol. The molecule has 0 N–H and O–H groups in total. The van der Waals surface area contributed by atoms with Crippen molar-refractivity contribution in [3.63, 3.8) is 0 Å². The van der Waals surface area contributed by atoms with Gasteiger partial charge >= 0.3 is 12.2 Å². The van der Waals surface area contributed by atoms with E-state index in [9.17, 15) is 26.7 Å². The summed E-state index contributed by atoms with van der Waals surface area (Å²) in [4.78, 5) is 23.2. The highest BCUT2D eigenvalue weighted by Crippen LogP contribution is 2.38. The minimum Gasteiger partial charge on any atom is -0.480 e. The lowest BCUT2D eigenvalue weighted by Crippen LogP contribution is -2.54. The summed E-state index contributed by atoms with van der Waals surface area (Å²) in [6.45, 7) is 2.90. The molecule has 2 aliphatic heterocycles. The molecule has 1 saturated heterocycles. The molecule has 41 heavy (non-hydrogen) atoms. The summed E-state index contributed by atoms with van der Waals surface area (Å²) in [6, 6.07) is 6.24. The van der Waals surface area contributed by atoms with Gasteiger partial charge in [-0.05, 0) is 43.0 Å². The number of aryl methyl sites for hydroxylation is 1. The van der Waals surface area contributed by atoms with Gasteiger partial charge in [0.05, 0.1) is 31.5 Å². The van der Waals surface area contributed by atoms with Gasteiger partial charge in [0.15, 0.2) is 0 Å². The number of pyridine rings is 1. The second-order valence-corrected chi connectivity index (χ2v) is 10.6. The number of hydrogen-bond donors (Lipinski definition) is 0. The predicted molar refractivity (Wildman–Crippen MR) is 142 cm³/mol. The van der Waals surface area contributed by atoms with E-state index in [1.54, 1.807) is 18.2 Å². The Morgan fingerprint density at radius 1 is 1.07 bits per heavy atom. The molecule has 0 bridgehead atoms. The maximum atomic E-state index is 13.9.